The van der Waals surface area contributed by atoms with Gasteiger partial charge in [-0.15, -0.1) is 0 Å². The van der Waals surface area contributed by atoms with E-state index in [-0.39, 0.29) is 12.2 Å². The van der Waals surface area contributed by atoms with E-state index in [1.807, 2.05) is 0 Å². The summed E-state index contributed by atoms with van der Waals surface area (Å²) in [5.41, 5.74) is -0.273. The summed E-state index contributed by atoms with van der Waals surface area (Å²) in [6.45, 7) is 6.88. The number of esters is 1. The molecule has 0 spiro atoms. The van der Waals surface area contributed by atoms with Crippen molar-refractivity contribution in [3.05, 3.63) is 34.6 Å². The van der Waals surface area contributed by atoms with E-state index in [1.54, 1.807) is 19.9 Å². The van der Waals surface area contributed by atoms with Crippen LogP contribution in [0.5, 0.6) is 0 Å². The summed E-state index contributed by atoms with van der Waals surface area (Å²) in [5.74, 6) is -1.44. The van der Waals surface area contributed by atoms with Gasteiger partial charge < -0.3 is 4.74 Å². The molecule has 0 saturated carbocycles. The Bertz CT molecular complexity index is 292. The van der Waals surface area contributed by atoms with Crippen molar-refractivity contribution in [3.8, 4) is 0 Å². The van der Waals surface area contributed by atoms with E-state index in [4.69, 9.17) is 0 Å². The number of carbonyl (C=O) groups excluding carboxylic acids is 1. The molecule has 2 nitrogen and oxygen atoms in total. The van der Waals surface area contributed by atoms with Gasteiger partial charge in [0.1, 0.15) is 5.83 Å². The fourth-order valence-electron chi connectivity index (χ4n) is 0.607. The Morgan fingerprint density at radius 2 is 2.21 bits per heavy atom. The lowest BCUT2D eigenvalue weighted by molar-refractivity contribution is -0.138. The van der Waals surface area contributed by atoms with Crippen molar-refractivity contribution in [2.24, 2.45) is 0 Å². The highest BCUT2D eigenvalue weighted by Gasteiger charge is 2.12. The molecular weight excluding hydrogens is 251 g/mol. The van der Waals surface area contributed by atoms with E-state index >= 15 is 0 Å². The van der Waals surface area contributed by atoms with Crippen molar-refractivity contribution in [2.75, 3.05) is 6.61 Å². The number of hydrogen-bond acceptors (Lipinski definition) is 2. The zero-order valence-electron chi connectivity index (χ0n) is 8.14. The highest BCUT2D eigenvalue weighted by Crippen LogP contribution is 2.17. The molecule has 78 valence electrons. The minimum Gasteiger partial charge on any atom is -0.462 e. The zero-order valence-corrected chi connectivity index (χ0v) is 9.73. The van der Waals surface area contributed by atoms with Crippen molar-refractivity contribution in [2.45, 2.75) is 13.8 Å². The maximum Gasteiger partial charge on any atom is 0.340 e. The van der Waals surface area contributed by atoms with Crippen LogP contribution in [0.3, 0.4) is 0 Å². The van der Waals surface area contributed by atoms with Crippen molar-refractivity contribution < 1.29 is 13.9 Å². The first kappa shape index (κ1) is 13.1. The number of carbonyl (C=O) groups is 1. The first-order chi connectivity index (χ1) is 6.52. The van der Waals surface area contributed by atoms with Gasteiger partial charge in [0.25, 0.3) is 0 Å². The zero-order chi connectivity index (χ0) is 11.1. The van der Waals surface area contributed by atoms with Gasteiger partial charge >= 0.3 is 5.97 Å². The van der Waals surface area contributed by atoms with E-state index in [0.29, 0.717) is 4.48 Å². The molecule has 0 N–H and O–H groups in total. The number of rotatable bonds is 4. The lowest BCUT2D eigenvalue weighted by Gasteiger charge is -2.02. The molecule has 0 aromatic carbocycles. The third-order valence-electron chi connectivity index (χ3n) is 1.35. The Labute approximate surface area is 91.3 Å². The molecule has 0 fully saturated rings. The quantitative estimate of drug-likeness (QED) is 0.442. The largest absolute Gasteiger partial charge is 0.462 e. The van der Waals surface area contributed by atoms with E-state index in [1.165, 1.54) is 6.08 Å². The molecule has 0 aromatic rings. The van der Waals surface area contributed by atoms with Gasteiger partial charge in [-0.25, -0.2) is 9.18 Å². The van der Waals surface area contributed by atoms with Crippen molar-refractivity contribution in [3.63, 3.8) is 0 Å². The first-order valence-corrected chi connectivity index (χ1v) is 4.87. The van der Waals surface area contributed by atoms with Gasteiger partial charge in [0.2, 0.25) is 0 Å². The van der Waals surface area contributed by atoms with Crippen LogP contribution < -0.4 is 0 Å². The maximum absolute atomic E-state index is 13.2. The first-order valence-electron chi connectivity index (χ1n) is 4.08. The highest BCUT2D eigenvalue weighted by atomic mass is 79.9. The number of halogens is 2. The molecule has 0 radical (unpaired) electrons. The van der Waals surface area contributed by atoms with E-state index < -0.39 is 11.8 Å². The summed E-state index contributed by atoms with van der Waals surface area (Å²) in [7, 11) is 0. The second-order valence-electron chi connectivity index (χ2n) is 2.36. The maximum atomic E-state index is 13.2. The fraction of sp³-hybridized carbons (Fsp3) is 0.300. The van der Waals surface area contributed by atoms with Gasteiger partial charge in [-0.1, -0.05) is 28.6 Å². The minimum absolute atomic E-state index is 0.204. The molecule has 14 heavy (non-hydrogen) atoms. The van der Waals surface area contributed by atoms with Gasteiger partial charge in [-0.05, 0) is 19.9 Å². The number of allylic oxidation sites excluding steroid dienone is 3. The molecule has 0 amide bonds. The standard InChI is InChI=1S/C10H12BrFO2/c1-4-8(11)6-9(12)7(3)10(13)14-5-2/h4,6H,3,5H2,1-2H3/b8-4+,9-6+. The molecule has 0 aliphatic rings. The average Bonchev–Trinajstić information content (AvgIpc) is 2.16. The van der Waals surface area contributed by atoms with Crippen LogP contribution >= 0.6 is 15.9 Å². The van der Waals surface area contributed by atoms with Gasteiger partial charge in [0.05, 0.1) is 12.2 Å². The predicted octanol–water partition coefficient (Wildman–Crippen LogP) is 3.26. The fourth-order valence-corrected chi connectivity index (χ4v) is 0.808. The van der Waals surface area contributed by atoms with Crippen LogP contribution in [0.4, 0.5) is 4.39 Å². The summed E-state index contributed by atoms with van der Waals surface area (Å²) in [5, 5.41) is 0. The number of hydrogen-bond donors (Lipinski definition) is 0. The van der Waals surface area contributed by atoms with E-state index in [9.17, 15) is 9.18 Å². The highest BCUT2D eigenvalue weighted by molar-refractivity contribution is 9.11. The summed E-state index contributed by atoms with van der Waals surface area (Å²) in [6, 6.07) is 0. The lowest BCUT2D eigenvalue weighted by atomic mass is 10.2. The van der Waals surface area contributed by atoms with Crippen LogP contribution in [0.2, 0.25) is 0 Å². The van der Waals surface area contributed by atoms with Crippen molar-refractivity contribution in [1.82, 2.24) is 0 Å². The Kier molecular flexibility index (Phi) is 6.12. The van der Waals surface area contributed by atoms with Crippen LogP contribution in [0.25, 0.3) is 0 Å². The van der Waals surface area contributed by atoms with Crippen LogP contribution in [0, 0.1) is 0 Å². The molecule has 0 saturated heterocycles. The van der Waals surface area contributed by atoms with Crippen LogP contribution in [0.1, 0.15) is 13.8 Å². The third kappa shape index (κ3) is 4.37. The van der Waals surface area contributed by atoms with Gasteiger partial charge in [-0.2, -0.15) is 0 Å². The molecule has 0 unspecified atom stereocenters. The molecule has 0 aromatic heterocycles. The topological polar surface area (TPSA) is 26.3 Å². The van der Waals surface area contributed by atoms with Gasteiger partial charge in [0, 0.05) is 4.48 Å². The average molecular weight is 263 g/mol. The molecule has 0 heterocycles. The second kappa shape index (κ2) is 6.54. The van der Waals surface area contributed by atoms with Crippen molar-refractivity contribution >= 4 is 21.9 Å². The van der Waals surface area contributed by atoms with E-state index in [2.05, 4.69) is 27.2 Å². The second-order valence-corrected chi connectivity index (χ2v) is 3.28. The van der Waals surface area contributed by atoms with Crippen molar-refractivity contribution in [1.29, 1.82) is 0 Å². The molecule has 0 aliphatic carbocycles. The molecule has 0 bridgehead atoms. The Morgan fingerprint density at radius 1 is 1.64 bits per heavy atom. The van der Waals surface area contributed by atoms with Crippen LogP contribution in [-0.4, -0.2) is 12.6 Å². The molecule has 0 rings (SSSR count). The summed E-state index contributed by atoms with van der Waals surface area (Å²) in [4.78, 5) is 11.0. The monoisotopic (exact) mass is 262 g/mol. The third-order valence-corrected chi connectivity index (χ3v) is 2.04. The predicted molar refractivity (Wildman–Crippen MR) is 57.6 cm³/mol. The smallest absolute Gasteiger partial charge is 0.340 e. The number of ether oxygens (including phenoxy) is 1. The van der Waals surface area contributed by atoms with Crippen LogP contribution in [0.15, 0.2) is 34.6 Å². The Morgan fingerprint density at radius 3 is 2.64 bits per heavy atom. The Hall–Kier alpha value is -0.900. The summed E-state index contributed by atoms with van der Waals surface area (Å²) in [6.07, 6.45) is 2.82. The SMILES string of the molecule is C=C(C(=O)OCC)/C(F)=C\C(Br)=C/C. The normalized spacial score (nSPS) is 12.6. The minimum atomic E-state index is -0.738. The molecular formula is C10H12BrFO2. The van der Waals surface area contributed by atoms with Crippen LogP contribution in [-0.2, 0) is 9.53 Å². The van der Waals surface area contributed by atoms with Gasteiger partial charge in [-0.3, -0.25) is 0 Å². The van der Waals surface area contributed by atoms with Gasteiger partial charge in [0.15, 0.2) is 0 Å². The molecule has 0 aliphatic heterocycles. The Balaban J connectivity index is 4.54. The summed E-state index contributed by atoms with van der Waals surface area (Å²) >= 11 is 3.09. The lowest BCUT2D eigenvalue weighted by Crippen LogP contribution is -2.07. The molecule has 0 atom stereocenters. The molecule has 4 heteroatoms. The summed E-state index contributed by atoms with van der Waals surface area (Å²) < 4.78 is 18.3. The van der Waals surface area contributed by atoms with E-state index in [0.717, 1.165) is 0 Å².